The summed E-state index contributed by atoms with van der Waals surface area (Å²) in [7, 11) is 0. The van der Waals surface area contributed by atoms with Crippen molar-refractivity contribution in [2.45, 2.75) is 58.2 Å². The molecule has 1 atom stereocenters. The van der Waals surface area contributed by atoms with Crippen molar-refractivity contribution in [1.29, 1.82) is 0 Å². The highest BCUT2D eigenvalue weighted by atomic mass is 35.5. The fourth-order valence-corrected chi connectivity index (χ4v) is 3.87. The monoisotopic (exact) mass is 320 g/mol. The van der Waals surface area contributed by atoms with Crippen LogP contribution in [0.4, 0.5) is 0 Å². The van der Waals surface area contributed by atoms with Crippen molar-refractivity contribution in [2.75, 3.05) is 6.54 Å². The highest BCUT2D eigenvalue weighted by Gasteiger charge is 2.18. The second-order valence-electron chi connectivity index (χ2n) is 6.50. The van der Waals surface area contributed by atoms with Gasteiger partial charge in [-0.2, -0.15) is 0 Å². The van der Waals surface area contributed by atoms with E-state index in [1.165, 1.54) is 42.3 Å². The summed E-state index contributed by atoms with van der Waals surface area (Å²) in [5, 5.41) is 15.9. The maximum absolute atomic E-state index is 10.4. The van der Waals surface area contributed by atoms with Gasteiger partial charge in [0.2, 0.25) is 0 Å². The number of rotatable bonds is 5. The number of para-hydroxylation sites is 1. The first-order valence-electron chi connectivity index (χ1n) is 8.23. The summed E-state index contributed by atoms with van der Waals surface area (Å²) in [5.41, 5.74) is 3.47. The van der Waals surface area contributed by atoms with Crippen LogP contribution in [-0.4, -0.2) is 28.4 Å². The molecule has 1 unspecified atom stereocenters. The van der Waals surface area contributed by atoms with Crippen molar-refractivity contribution < 1.29 is 5.11 Å². The third kappa shape index (κ3) is 3.03. The van der Waals surface area contributed by atoms with Gasteiger partial charge in [-0.25, -0.2) is 0 Å². The Balaban J connectivity index is 1.76. The number of aryl methyl sites for hydroxylation is 1. The molecule has 22 heavy (non-hydrogen) atoms. The smallest absolute Gasteiger partial charge is 0.0843 e. The third-order valence-corrected chi connectivity index (χ3v) is 5.30. The van der Waals surface area contributed by atoms with Crippen LogP contribution in [0.1, 0.15) is 36.9 Å². The van der Waals surface area contributed by atoms with Crippen LogP contribution in [0.25, 0.3) is 10.9 Å². The second kappa shape index (κ2) is 6.61. The Kier molecular flexibility index (Phi) is 4.76. The summed E-state index contributed by atoms with van der Waals surface area (Å²) in [5.74, 6) is 0. The molecule has 1 fully saturated rings. The number of nitrogens with one attached hydrogen (secondary N) is 1. The highest BCUT2D eigenvalue weighted by Crippen LogP contribution is 2.30. The predicted octanol–water partition coefficient (Wildman–Crippen LogP) is 3.80. The molecule has 1 aliphatic rings. The van der Waals surface area contributed by atoms with E-state index in [-0.39, 0.29) is 0 Å². The molecule has 1 aromatic heterocycles. The Bertz CT molecular complexity index is 659. The molecule has 0 bridgehead atoms. The molecule has 3 nitrogen and oxygen atoms in total. The van der Waals surface area contributed by atoms with Crippen molar-refractivity contribution in [3.8, 4) is 0 Å². The lowest BCUT2D eigenvalue weighted by Gasteiger charge is -2.18. The van der Waals surface area contributed by atoms with Gasteiger partial charge in [0.05, 0.1) is 23.2 Å². The number of hydrogen-bond acceptors (Lipinski definition) is 2. The SMILES string of the molecule is Cc1c(C)n(CC(O)CNC2CCCC2)c2c(Cl)cccc12. The van der Waals surface area contributed by atoms with E-state index < -0.39 is 6.10 Å². The quantitative estimate of drug-likeness (QED) is 0.879. The first-order valence-corrected chi connectivity index (χ1v) is 8.61. The first-order chi connectivity index (χ1) is 10.6. The van der Waals surface area contributed by atoms with Gasteiger partial charge in [-0.3, -0.25) is 0 Å². The van der Waals surface area contributed by atoms with Gasteiger partial charge in [0.25, 0.3) is 0 Å². The molecule has 0 spiro atoms. The normalized spacial score (nSPS) is 17.5. The van der Waals surface area contributed by atoms with Gasteiger partial charge in [-0.15, -0.1) is 0 Å². The molecule has 0 amide bonds. The van der Waals surface area contributed by atoms with E-state index in [0.29, 0.717) is 19.1 Å². The summed E-state index contributed by atoms with van der Waals surface area (Å²) in [6, 6.07) is 6.59. The Morgan fingerprint density at radius 3 is 2.77 bits per heavy atom. The number of aromatic nitrogens is 1. The summed E-state index contributed by atoms with van der Waals surface area (Å²) < 4.78 is 2.16. The minimum Gasteiger partial charge on any atom is -0.390 e. The molecule has 0 radical (unpaired) electrons. The molecule has 120 valence electrons. The van der Waals surface area contributed by atoms with Gasteiger partial charge in [-0.05, 0) is 38.3 Å². The summed E-state index contributed by atoms with van der Waals surface area (Å²) in [6.45, 7) is 5.45. The van der Waals surface area contributed by atoms with Crippen LogP contribution >= 0.6 is 11.6 Å². The summed E-state index contributed by atoms with van der Waals surface area (Å²) >= 11 is 6.39. The van der Waals surface area contributed by atoms with E-state index in [9.17, 15) is 5.11 Å². The standard InChI is InChI=1S/C18H25ClN2O/c1-12-13(2)21(18-16(12)8-5-9-17(18)19)11-15(22)10-20-14-6-3-4-7-14/h5,8-9,14-15,20,22H,3-4,6-7,10-11H2,1-2H3. The van der Waals surface area contributed by atoms with Crippen LogP contribution in [0.15, 0.2) is 18.2 Å². The maximum atomic E-state index is 10.4. The van der Waals surface area contributed by atoms with Gasteiger partial charge in [0.1, 0.15) is 0 Å². The molecule has 0 aliphatic heterocycles. The van der Waals surface area contributed by atoms with Crippen LogP contribution in [0.5, 0.6) is 0 Å². The number of nitrogens with zero attached hydrogens (tertiary/aromatic N) is 1. The number of halogens is 1. The topological polar surface area (TPSA) is 37.2 Å². The Labute approximate surface area is 137 Å². The van der Waals surface area contributed by atoms with Crippen molar-refractivity contribution in [2.24, 2.45) is 0 Å². The van der Waals surface area contributed by atoms with Crippen LogP contribution in [0, 0.1) is 13.8 Å². The van der Waals surface area contributed by atoms with Gasteiger partial charge >= 0.3 is 0 Å². The molecular weight excluding hydrogens is 296 g/mol. The Morgan fingerprint density at radius 2 is 2.05 bits per heavy atom. The molecular formula is C18H25ClN2O. The zero-order valence-electron chi connectivity index (χ0n) is 13.4. The third-order valence-electron chi connectivity index (χ3n) is 5.00. The van der Waals surface area contributed by atoms with E-state index in [1.54, 1.807) is 0 Å². The van der Waals surface area contributed by atoms with Crippen LogP contribution in [-0.2, 0) is 6.54 Å². The van der Waals surface area contributed by atoms with E-state index in [1.807, 2.05) is 12.1 Å². The van der Waals surface area contributed by atoms with E-state index in [4.69, 9.17) is 11.6 Å². The number of aliphatic hydroxyl groups is 1. The fourth-order valence-electron chi connectivity index (χ4n) is 3.59. The molecule has 1 aromatic carbocycles. The maximum Gasteiger partial charge on any atom is 0.0843 e. The van der Waals surface area contributed by atoms with Gasteiger partial charge in [0.15, 0.2) is 0 Å². The minimum absolute atomic E-state index is 0.398. The highest BCUT2D eigenvalue weighted by molar-refractivity contribution is 6.35. The summed E-state index contributed by atoms with van der Waals surface area (Å²) in [6.07, 6.45) is 4.70. The molecule has 2 aromatic rings. The number of fused-ring (bicyclic) bond motifs is 1. The minimum atomic E-state index is -0.398. The molecule has 1 saturated carbocycles. The van der Waals surface area contributed by atoms with Crippen LogP contribution < -0.4 is 5.32 Å². The average Bonchev–Trinajstić information content (AvgIpc) is 3.09. The zero-order valence-corrected chi connectivity index (χ0v) is 14.2. The molecule has 3 rings (SSSR count). The van der Waals surface area contributed by atoms with E-state index in [2.05, 4.69) is 29.8 Å². The number of aliphatic hydroxyl groups excluding tert-OH is 1. The lowest BCUT2D eigenvalue weighted by molar-refractivity contribution is 0.148. The van der Waals surface area contributed by atoms with Crippen molar-refractivity contribution >= 4 is 22.5 Å². The predicted molar refractivity (Wildman–Crippen MR) is 92.7 cm³/mol. The zero-order chi connectivity index (χ0) is 15.7. The van der Waals surface area contributed by atoms with Crippen LogP contribution in [0.3, 0.4) is 0 Å². The van der Waals surface area contributed by atoms with Gasteiger partial charge in [-0.1, -0.05) is 36.6 Å². The van der Waals surface area contributed by atoms with Crippen LogP contribution in [0.2, 0.25) is 5.02 Å². The lowest BCUT2D eigenvalue weighted by atomic mass is 10.2. The van der Waals surface area contributed by atoms with Gasteiger partial charge in [0, 0.05) is 23.7 Å². The Morgan fingerprint density at radius 1 is 1.32 bits per heavy atom. The van der Waals surface area contributed by atoms with E-state index in [0.717, 1.165) is 10.5 Å². The summed E-state index contributed by atoms with van der Waals surface area (Å²) in [4.78, 5) is 0. The molecule has 0 saturated heterocycles. The molecule has 4 heteroatoms. The molecule has 2 N–H and O–H groups in total. The largest absolute Gasteiger partial charge is 0.390 e. The lowest BCUT2D eigenvalue weighted by Crippen LogP contribution is -2.36. The van der Waals surface area contributed by atoms with Crippen molar-refractivity contribution in [1.82, 2.24) is 9.88 Å². The Hall–Kier alpha value is -1.03. The fraction of sp³-hybridized carbons (Fsp3) is 0.556. The van der Waals surface area contributed by atoms with Crippen molar-refractivity contribution in [3.05, 3.63) is 34.5 Å². The van der Waals surface area contributed by atoms with Gasteiger partial charge < -0.3 is 15.0 Å². The number of hydrogen-bond donors (Lipinski definition) is 2. The second-order valence-corrected chi connectivity index (χ2v) is 6.91. The average molecular weight is 321 g/mol. The molecule has 1 aliphatic carbocycles. The number of benzene rings is 1. The van der Waals surface area contributed by atoms with E-state index >= 15 is 0 Å². The molecule has 1 heterocycles. The van der Waals surface area contributed by atoms with Crippen molar-refractivity contribution in [3.63, 3.8) is 0 Å². The first kappa shape index (κ1) is 15.9.